The third-order valence-electron chi connectivity index (χ3n) is 5.12. The van der Waals surface area contributed by atoms with Gasteiger partial charge in [0.25, 0.3) is 0 Å². The predicted octanol–water partition coefficient (Wildman–Crippen LogP) is 2.70. The van der Waals surface area contributed by atoms with Crippen molar-refractivity contribution in [1.29, 1.82) is 0 Å². The molecule has 0 saturated carbocycles. The Hall–Kier alpha value is -1.99. The van der Waals surface area contributed by atoms with Crippen molar-refractivity contribution in [3.05, 3.63) is 29.3 Å². The first-order chi connectivity index (χ1) is 12.5. The molecule has 3 rings (SSSR count). The first-order valence-corrected chi connectivity index (χ1v) is 9.72. The molecule has 2 heterocycles. The number of aromatic nitrogens is 1. The van der Waals surface area contributed by atoms with Crippen LogP contribution in [-0.2, 0) is 14.3 Å². The molecule has 0 unspecified atom stereocenters. The average Bonchev–Trinajstić information content (AvgIpc) is 3.11. The maximum Gasteiger partial charge on any atom is 0.308 e. The van der Waals surface area contributed by atoms with Gasteiger partial charge in [-0.3, -0.25) is 14.5 Å². The van der Waals surface area contributed by atoms with E-state index >= 15 is 0 Å². The number of nitrogens with zero attached hydrogens (tertiary/aromatic N) is 3. The van der Waals surface area contributed by atoms with E-state index in [0.717, 1.165) is 41.2 Å². The van der Waals surface area contributed by atoms with Gasteiger partial charge in [-0.2, -0.15) is 0 Å². The number of likely N-dealkylation sites (N-methyl/N-ethyl adjacent to an activating group) is 1. The topological polar surface area (TPSA) is 62.7 Å². The number of methoxy groups -OCH3 is 1. The minimum absolute atomic E-state index is 0.0363. The Morgan fingerprint density at radius 3 is 2.69 bits per heavy atom. The first-order valence-electron chi connectivity index (χ1n) is 8.91. The Bertz CT molecular complexity index is 750. The van der Waals surface area contributed by atoms with Crippen LogP contribution in [0.5, 0.6) is 0 Å². The SMILES string of the molecule is COC(=O)C1CCN(CC(=O)N(C)[C@@H](C)c2nc3ccccc3s2)CC1. The maximum atomic E-state index is 12.7. The lowest BCUT2D eigenvalue weighted by atomic mass is 9.97. The summed E-state index contributed by atoms with van der Waals surface area (Å²) >= 11 is 1.63. The number of hydrogen-bond acceptors (Lipinski definition) is 6. The van der Waals surface area contributed by atoms with E-state index in [4.69, 9.17) is 4.74 Å². The highest BCUT2D eigenvalue weighted by Crippen LogP contribution is 2.29. The Balaban J connectivity index is 1.56. The Kier molecular flexibility index (Phi) is 5.88. The van der Waals surface area contributed by atoms with Crippen LogP contribution in [0.3, 0.4) is 0 Å². The second-order valence-electron chi connectivity index (χ2n) is 6.77. The van der Waals surface area contributed by atoms with Crippen LogP contribution in [0.4, 0.5) is 0 Å². The zero-order chi connectivity index (χ0) is 18.7. The van der Waals surface area contributed by atoms with Crippen molar-refractivity contribution in [3.63, 3.8) is 0 Å². The Morgan fingerprint density at radius 2 is 2.04 bits per heavy atom. The number of carbonyl (C=O) groups excluding carboxylic acids is 2. The minimum Gasteiger partial charge on any atom is -0.469 e. The summed E-state index contributed by atoms with van der Waals surface area (Å²) in [4.78, 5) is 32.8. The molecule has 1 aliphatic heterocycles. The number of likely N-dealkylation sites (tertiary alicyclic amines) is 1. The van der Waals surface area contributed by atoms with Gasteiger partial charge < -0.3 is 9.64 Å². The molecule has 1 aliphatic rings. The van der Waals surface area contributed by atoms with Gasteiger partial charge in [-0.25, -0.2) is 4.98 Å². The zero-order valence-corrected chi connectivity index (χ0v) is 16.3. The number of ether oxygens (including phenoxy) is 1. The number of fused-ring (bicyclic) bond motifs is 1. The van der Waals surface area contributed by atoms with Gasteiger partial charge in [0.15, 0.2) is 0 Å². The molecule has 0 bridgehead atoms. The highest BCUT2D eigenvalue weighted by atomic mass is 32.1. The summed E-state index contributed by atoms with van der Waals surface area (Å²) in [7, 11) is 3.26. The van der Waals surface area contributed by atoms with E-state index in [1.807, 2.05) is 32.2 Å². The molecule has 0 radical (unpaired) electrons. The number of piperidine rings is 1. The van der Waals surface area contributed by atoms with Gasteiger partial charge in [-0.1, -0.05) is 12.1 Å². The summed E-state index contributed by atoms with van der Waals surface area (Å²) in [5, 5.41) is 0.950. The van der Waals surface area contributed by atoms with Crippen LogP contribution in [0.25, 0.3) is 10.2 Å². The van der Waals surface area contributed by atoms with E-state index in [2.05, 4.69) is 16.0 Å². The molecule has 1 atom stereocenters. The summed E-state index contributed by atoms with van der Waals surface area (Å²) in [6.07, 6.45) is 1.49. The fraction of sp³-hybridized carbons (Fsp3) is 0.526. The number of hydrogen-bond donors (Lipinski definition) is 0. The van der Waals surface area contributed by atoms with Gasteiger partial charge in [-0.05, 0) is 45.0 Å². The number of thiazole rings is 1. The quantitative estimate of drug-likeness (QED) is 0.752. The van der Waals surface area contributed by atoms with E-state index in [9.17, 15) is 9.59 Å². The molecule has 1 fully saturated rings. The zero-order valence-electron chi connectivity index (χ0n) is 15.5. The van der Waals surface area contributed by atoms with Crippen LogP contribution in [0, 0.1) is 5.92 Å². The number of carbonyl (C=O) groups is 2. The van der Waals surface area contributed by atoms with Crippen molar-refractivity contribution in [2.24, 2.45) is 5.92 Å². The molecule has 6 nitrogen and oxygen atoms in total. The van der Waals surface area contributed by atoms with Gasteiger partial charge in [-0.15, -0.1) is 11.3 Å². The fourth-order valence-corrected chi connectivity index (χ4v) is 4.31. The number of amides is 1. The second-order valence-corrected chi connectivity index (χ2v) is 7.84. The molecule has 2 aromatic rings. The normalized spacial score (nSPS) is 17.2. The van der Waals surface area contributed by atoms with Crippen molar-refractivity contribution < 1.29 is 14.3 Å². The highest BCUT2D eigenvalue weighted by molar-refractivity contribution is 7.18. The molecule has 140 valence electrons. The fourth-order valence-electron chi connectivity index (χ4n) is 3.25. The molecule has 7 heteroatoms. The lowest BCUT2D eigenvalue weighted by molar-refractivity contribution is -0.147. The summed E-state index contributed by atoms with van der Waals surface area (Å²) in [5.74, 6) is -0.100. The summed E-state index contributed by atoms with van der Waals surface area (Å²) in [5.41, 5.74) is 0.977. The monoisotopic (exact) mass is 375 g/mol. The average molecular weight is 375 g/mol. The Morgan fingerprint density at radius 1 is 1.35 bits per heavy atom. The van der Waals surface area contributed by atoms with E-state index in [0.29, 0.717) is 6.54 Å². The molecule has 1 amide bonds. The lowest BCUT2D eigenvalue weighted by Gasteiger charge is -2.32. The summed E-state index contributed by atoms with van der Waals surface area (Å²) in [6, 6.07) is 7.96. The number of benzene rings is 1. The van der Waals surface area contributed by atoms with Crippen LogP contribution in [0.2, 0.25) is 0 Å². The van der Waals surface area contributed by atoms with Crippen molar-refractivity contribution >= 4 is 33.4 Å². The lowest BCUT2D eigenvalue weighted by Crippen LogP contribution is -2.43. The van der Waals surface area contributed by atoms with Crippen LogP contribution < -0.4 is 0 Å². The smallest absolute Gasteiger partial charge is 0.308 e. The molecule has 1 aromatic carbocycles. The maximum absolute atomic E-state index is 12.7. The second kappa shape index (κ2) is 8.14. The minimum atomic E-state index is -0.141. The molecule has 0 aliphatic carbocycles. The molecule has 0 spiro atoms. The van der Waals surface area contributed by atoms with E-state index < -0.39 is 0 Å². The van der Waals surface area contributed by atoms with E-state index in [1.54, 1.807) is 16.2 Å². The number of esters is 1. The molecule has 1 aromatic heterocycles. The van der Waals surface area contributed by atoms with Gasteiger partial charge in [0.05, 0.1) is 35.8 Å². The molecular formula is C19H25N3O3S. The largest absolute Gasteiger partial charge is 0.469 e. The molecule has 0 N–H and O–H groups in total. The third-order valence-corrected chi connectivity index (χ3v) is 6.33. The summed E-state index contributed by atoms with van der Waals surface area (Å²) in [6.45, 7) is 3.88. The van der Waals surface area contributed by atoms with Gasteiger partial charge in [0, 0.05) is 7.05 Å². The first kappa shape index (κ1) is 18.8. The van der Waals surface area contributed by atoms with Gasteiger partial charge in [0.2, 0.25) is 5.91 Å². The standard InChI is InChI=1S/C19H25N3O3S/c1-13(18-20-15-6-4-5-7-16(15)26-18)21(2)17(23)12-22-10-8-14(9-11-22)19(24)25-3/h4-7,13-14H,8-12H2,1-3H3/t13-/m0/s1. The van der Waals surface area contributed by atoms with E-state index in [-0.39, 0.29) is 23.8 Å². The molecule has 26 heavy (non-hydrogen) atoms. The van der Waals surface area contributed by atoms with Crippen LogP contribution >= 0.6 is 11.3 Å². The van der Waals surface area contributed by atoms with Crippen molar-refractivity contribution in [2.75, 3.05) is 33.8 Å². The van der Waals surface area contributed by atoms with E-state index in [1.165, 1.54) is 7.11 Å². The molecular weight excluding hydrogens is 350 g/mol. The van der Waals surface area contributed by atoms with Crippen LogP contribution in [0.15, 0.2) is 24.3 Å². The third kappa shape index (κ3) is 4.04. The number of para-hydroxylation sites is 1. The molecule has 1 saturated heterocycles. The van der Waals surface area contributed by atoms with Crippen LogP contribution in [-0.4, -0.2) is 60.5 Å². The van der Waals surface area contributed by atoms with Crippen LogP contribution in [0.1, 0.15) is 30.8 Å². The number of rotatable bonds is 5. The predicted molar refractivity (Wildman–Crippen MR) is 102 cm³/mol. The van der Waals surface area contributed by atoms with Gasteiger partial charge >= 0.3 is 5.97 Å². The Labute approximate surface area is 157 Å². The van der Waals surface area contributed by atoms with Crippen molar-refractivity contribution in [3.8, 4) is 0 Å². The highest BCUT2D eigenvalue weighted by Gasteiger charge is 2.28. The van der Waals surface area contributed by atoms with Gasteiger partial charge in [0.1, 0.15) is 5.01 Å². The summed E-state index contributed by atoms with van der Waals surface area (Å²) < 4.78 is 5.95. The van der Waals surface area contributed by atoms with Crippen molar-refractivity contribution in [1.82, 2.24) is 14.8 Å². The van der Waals surface area contributed by atoms with Crippen molar-refractivity contribution in [2.45, 2.75) is 25.8 Å².